The lowest BCUT2D eigenvalue weighted by molar-refractivity contribution is 0.0796. The van der Waals surface area contributed by atoms with Crippen LogP contribution in [0.5, 0.6) is 0 Å². The van der Waals surface area contributed by atoms with Gasteiger partial charge < -0.3 is 10.1 Å². The summed E-state index contributed by atoms with van der Waals surface area (Å²) in [5.41, 5.74) is 0.851. The zero-order valence-corrected chi connectivity index (χ0v) is 10.0. The van der Waals surface area contributed by atoms with Crippen molar-refractivity contribution >= 4 is 0 Å². The SMILES string of the molecule is CC(C)OCCN[C@H](C)c1cncc(F)c1. The number of nitrogens with one attached hydrogen (secondary N) is 1. The van der Waals surface area contributed by atoms with Gasteiger partial charge in [-0.05, 0) is 32.4 Å². The lowest BCUT2D eigenvalue weighted by Crippen LogP contribution is -2.24. The lowest BCUT2D eigenvalue weighted by Gasteiger charge is -2.14. The van der Waals surface area contributed by atoms with Crippen LogP contribution in [0.15, 0.2) is 18.5 Å². The molecule has 0 unspecified atom stereocenters. The number of rotatable bonds is 6. The van der Waals surface area contributed by atoms with Crippen molar-refractivity contribution in [2.75, 3.05) is 13.2 Å². The number of halogens is 1. The van der Waals surface area contributed by atoms with Crippen molar-refractivity contribution in [2.24, 2.45) is 0 Å². The lowest BCUT2D eigenvalue weighted by atomic mass is 10.1. The molecular formula is C12H19FN2O. The molecule has 1 atom stereocenters. The fraction of sp³-hybridized carbons (Fsp3) is 0.583. The minimum atomic E-state index is -0.301. The van der Waals surface area contributed by atoms with E-state index in [1.54, 1.807) is 6.20 Å². The molecule has 0 aliphatic heterocycles. The molecule has 0 radical (unpaired) electrons. The van der Waals surface area contributed by atoms with Gasteiger partial charge in [0.2, 0.25) is 0 Å². The van der Waals surface area contributed by atoms with Crippen LogP contribution in [0, 0.1) is 5.82 Å². The average molecular weight is 226 g/mol. The third kappa shape index (κ3) is 4.68. The molecule has 16 heavy (non-hydrogen) atoms. The maximum Gasteiger partial charge on any atom is 0.141 e. The normalized spacial score (nSPS) is 13.1. The first kappa shape index (κ1) is 13.1. The molecule has 4 heteroatoms. The molecule has 1 rings (SSSR count). The molecule has 0 aliphatic carbocycles. The van der Waals surface area contributed by atoms with Gasteiger partial charge in [0.1, 0.15) is 5.82 Å². The Morgan fingerprint density at radius 3 is 2.75 bits per heavy atom. The summed E-state index contributed by atoms with van der Waals surface area (Å²) in [4.78, 5) is 3.82. The largest absolute Gasteiger partial charge is 0.377 e. The van der Waals surface area contributed by atoms with E-state index in [1.807, 2.05) is 20.8 Å². The molecule has 90 valence electrons. The van der Waals surface area contributed by atoms with Crippen molar-refractivity contribution in [1.82, 2.24) is 10.3 Å². The minimum absolute atomic E-state index is 0.0824. The van der Waals surface area contributed by atoms with Crippen LogP contribution in [0.2, 0.25) is 0 Å². The molecule has 1 N–H and O–H groups in total. The minimum Gasteiger partial charge on any atom is -0.377 e. The molecule has 0 saturated carbocycles. The molecule has 3 nitrogen and oxygen atoms in total. The predicted octanol–water partition coefficient (Wildman–Crippen LogP) is 2.30. The van der Waals surface area contributed by atoms with Crippen molar-refractivity contribution in [1.29, 1.82) is 0 Å². The van der Waals surface area contributed by atoms with Gasteiger partial charge >= 0.3 is 0 Å². The maximum atomic E-state index is 12.9. The fourth-order valence-corrected chi connectivity index (χ4v) is 1.35. The number of hydrogen-bond acceptors (Lipinski definition) is 3. The highest BCUT2D eigenvalue weighted by Crippen LogP contribution is 2.11. The van der Waals surface area contributed by atoms with Crippen molar-refractivity contribution in [3.63, 3.8) is 0 Å². The molecular weight excluding hydrogens is 207 g/mol. The fourth-order valence-electron chi connectivity index (χ4n) is 1.35. The summed E-state index contributed by atoms with van der Waals surface area (Å²) in [6.07, 6.45) is 3.12. The van der Waals surface area contributed by atoms with E-state index in [0.29, 0.717) is 6.61 Å². The van der Waals surface area contributed by atoms with Gasteiger partial charge in [-0.25, -0.2) is 4.39 Å². The van der Waals surface area contributed by atoms with Crippen molar-refractivity contribution in [3.8, 4) is 0 Å². The summed E-state index contributed by atoms with van der Waals surface area (Å²) in [6.45, 7) is 7.38. The van der Waals surface area contributed by atoms with Gasteiger partial charge in [0, 0.05) is 18.8 Å². The van der Waals surface area contributed by atoms with E-state index in [-0.39, 0.29) is 18.0 Å². The molecule has 1 heterocycles. The highest BCUT2D eigenvalue weighted by molar-refractivity contribution is 5.14. The first-order chi connectivity index (χ1) is 7.59. The van der Waals surface area contributed by atoms with Crippen LogP contribution >= 0.6 is 0 Å². The Labute approximate surface area is 96.0 Å². The summed E-state index contributed by atoms with van der Waals surface area (Å²) in [6, 6.07) is 1.58. The monoisotopic (exact) mass is 226 g/mol. The third-order valence-corrected chi connectivity index (χ3v) is 2.23. The van der Waals surface area contributed by atoms with Gasteiger partial charge in [0.05, 0.1) is 18.9 Å². The summed E-state index contributed by atoms with van der Waals surface area (Å²) >= 11 is 0. The predicted molar refractivity (Wildman–Crippen MR) is 61.7 cm³/mol. The Hall–Kier alpha value is -1.00. The molecule has 0 saturated heterocycles. The summed E-state index contributed by atoms with van der Waals surface area (Å²) in [5, 5.41) is 3.25. The van der Waals surface area contributed by atoms with Gasteiger partial charge in [-0.2, -0.15) is 0 Å². The van der Waals surface area contributed by atoms with Crippen LogP contribution in [-0.2, 0) is 4.74 Å². The van der Waals surface area contributed by atoms with Crippen LogP contribution in [0.1, 0.15) is 32.4 Å². The topological polar surface area (TPSA) is 34.1 Å². The van der Waals surface area contributed by atoms with E-state index < -0.39 is 0 Å². The number of ether oxygens (including phenoxy) is 1. The van der Waals surface area contributed by atoms with Gasteiger partial charge in [-0.15, -0.1) is 0 Å². The average Bonchev–Trinajstić information content (AvgIpc) is 2.24. The highest BCUT2D eigenvalue weighted by Gasteiger charge is 2.05. The smallest absolute Gasteiger partial charge is 0.141 e. The molecule has 1 aromatic heterocycles. The zero-order chi connectivity index (χ0) is 12.0. The summed E-state index contributed by atoms with van der Waals surface area (Å²) < 4.78 is 18.3. The number of aromatic nitrogens is 1. The second kappa shape index (κ2) is 6.55. The van der Waals surface area contributed by atoms with Crippen molar-refractivity contribution in [3.05, 3.63) is 29.8 Å². The van der Waals surface area contributed by atoms with Crippen LogP contribution in [0.25, 0.3) is 0 Å². The van der Waals surface area contributed by atoms with E-state index >= 15 is 0 Å². The van der Waals surface area contributed by atoms with E-state index in [4.69, 9.17) is 4.74 Å². The molecule has 0 fully saturated rings. The molecule has 0 spiro atoms. The quantitative estimate of drug-likeness (QED) is 0.756. The van der Waals surface area contributed by atoms with Crippen LogP contribution < -0.4 is 5.32 Å². The number of hydrogen-bond donors (Lipinski definition) is 1. The van der Waals surface area contributed by atoms with Crippen molar-refractivity contribution in [2.45, 2.75) is 32.9 Å². The Morgan fingerprint density at radius 1 is 1.38 bits per heavy atom. The molecule has 0 aromatic carbocycles. The van der Waals surface area contributed by atoms with Gasteiger partial charge in [0.25, 0.3) is 0 Å². The van der Waals surface area contributed by atoms with Gasteiger partial charge in [-0.1, -0.05) is 0 Å². The highest BCUT2D eigenvalue weighted by atomic mass is 19.1. The maximum absolute atomic E-state index is 12.9. The van der Waals surface area contributed by atoms with Crippen LogP contribution in [-0.4, -0.2) is 24.2 Å². The number of pyridine rings is 1. The summed E-state index contributed by atoms with van der Waals surface area (Å²) in [5.74, 6) is -0.301. The third-order valence-electron chi connectivity index (χ3n) is 2.23. The first-order valence-corrected chi connectivity index (χ1v) is 5.55. The van der Waals surface area contributed by atoms with E-state index in [1.165, 1.54) is 12.3 Å². The Bertz CT molecular complexity index is 318. The zero-order valence-electron chi connectivity index (χ0n) is 10.0. The standard InChI is InChI=1S/C12H19FN2O/c1-9(2)16-5-4-15-10(3)11-6-12(13)8-14-7-11/h6-10,15H,4-5H2,1-3H3/t10-/m1/s1. The van der Waals surface area contributed by atoms with E-state index in [9.17, 15) is 4.39 Å². The number of nitrogens with zero attached hydrogens (tertiary/aromatic N) is 1. The van der Waals surface area contributed by atoms with Crippen molar-refractivity contribution < 1.29 is 9.13 Å². The van der Waals surface area contributed by atoms with E-state index in [2.05, 4.69) is 10.3 Å². The molecule has 1 aromatic rings. The van der Waals surface area contributed by atoms with Gasteiger partial charge in [-0.3, -0.25) is 4.98 Å². The Morgan fingerprint density at radius 2 is 2.12 bits per heavy atom. The molecule has 0 aliphatic rings. The Balaban J connectivity index is 2.32. The van der Waals surface area contributed by atoms with Crippen LogP contribution in [0.4, 0.5) is 4.39 Å². The van der Waals surface area contributed by atoms with Crippen LogP contribution in [0.3, 0.4) is 0 Å². The Kier molecular flexibility index (Phi) is 5.35. The van der Waals surface area contributed by atoms with E-state index in [0.717, 1.165) is 12.1 Å². The van der Waals surface area contributed by atoms with Gasteiger partial charge in [0.15, 0.2) is 0 Å². The first-order valence-electron chi connectivity index (χ1n) is 5.55. The second-order valence-electron chi connectivity index (χ2n) is 4.03. The molecule has 0 amide bonds. The second-order valence-corrected chi connectivity index (χ2v) is 4.03. The molecule has 0 bridgehead atoms. The summed E-state index contributed by atoms with van der Waals surface area (Å²) in [7, 11) is 0.